The number of benzene rings is 2. The molecule has 0 aliphatic carbocycles. The van der Waals surface area contributed by atoms with Crippen molar-refractivity contribution in [3.63, 3.8) is 0 Å². The number of rotatable bonds is 10. The molecule has 140 valence electrons. The van der Waals surface area contributed by atoms with E-state index in [0.29, 0.717) is 37.5 Å². The van der Waals surface area contributed by atoms with E-state index in [1.807, 2.05) is 36.4 Å². The summed E-state index contributed by atoms with van der Waals surface area (Å²) >= 11 is 0. The zero-order valence-electron chi connectivity index (χ0n) is 15.7. The van der Waals surface area contributed by atoms with Crippen molar-refractivity contribution in [3.8, 4) is 17.2 Å². The highest BCUT2D eigenvalue weighted by Crippen LogP contribution is 2.27. The third kappa shape index (κ3) is 5.99. The summed E-state index contributed by atoms with van der Waals surface area (Å²) in [5.74, 6) is 2.20. The van der Waals surface area contributed by atoms with Gasteiger partial charge in [0.25, 0.3) is 0 Å². The molecule has 0 heterocycles. The van der Waals surface area contributed by atoms with Gasteiger partial charge in [-0.2, -0.15) is 0 Å². The summed E-state index contributed by atoms with van der Waals surface area (Å²) < 4.78 is 16.2. The molecule has 2 aromatic carbocycles. The van der Waals surface area contributed by atoms with Crippen LogP contribution in [0.4, 0.5) is 0 Å². The molecule has 26 heavy (non-hydrogen) atoms. The monoisotopic (exact) mass is 357 g/mol. The number of hydrogen-bond acceptors (Lipinski definition) is 4. The van der Waals surface area contributed by atoms with Crippen LogP contribution in [-0.4, -0.2) is 33.3 Å². The van der Waals surface area contributed by atoms with E-state index in [-0.39, 0.29) is 5.91 Å². The molecular formula is C21H27NO4. The van der Waals surface area contributed by atoms with Crippen LogP contribution in [0.15, 0.2) is 42.5 Å². The van der Waals surface area contributed by atoms with Crippen LogP contribution in [0.5, 0.6) is 17.2 Å². The maximum Gasteiger partial charge on any atom is 0.220 e. The van der Waals surface area contributed by atoms with Crippen LogP contribution in [-0.2, 0) is 17.6 Å². The predicted molar refractivity (Wildman–Crippen MR) is 102 cm³/mol. The first kappa shape index (κ1) is 19.6. The van der Waals surface area contributed by atoms with Crippen molar-refractivity contribution in [3.05, 3.63) is 53.6 Å². The molecule has 0 spiro atoms. The Morgan fingerprint density at radius 3 is 2.54 bits per heavy atom. The summed E-state index contributed by atoms with van der Waals surface area (Å²) in [5, 5.41) is 2.88. The van der Waals surface area contributed by atoms with E-state index >= 15 is 0 Å². The second-order valence-corrected chi connectivity index (χ2v) is 5.89. The van der Waals surface area contributed by atoms with E-state index in [1.165, 1.54) is 5.56 Å². The van der Waals surface area contributed by atoms with Crippen LogP contribution in [0, 0.1) is 0 Å². The second kappa shape index (κ2) is 10.3. The van der Waals surface area contributed by atoms with Crippen molar-refractivity contribution in [2.45, 2.75) is 26.2 Å². The molecule has 0 aliphatic heterocycles. The van der Waals surface area contributed by atoms with Gasteiger partial charge in [-0.25, -0.2) is 0 Å². The first-order valence-electron chi connectivity index (χ1n) is 8.85. The third-order valence-corrected chi connectivity index (χ3v) is 4.09. The lowest BCUT2D eigenvalue weighted by Gasteiger charge is -2.10. The number of amides is 1. The van der Waals surface area contributed by atoms with E-state index in [1.54, 1.807) is 14.2 Å². The normalized spacial score (nSPS) is 10.3. The van der Waals surface area contributed by atoms with Crippen molar-refractivity contribution < 1.29 is 19.0 Å². The smallest absolute Gasteiger partial charge is 0.220 e. The molecule has 1 N–H and O–H groups in total. The fourth-order valence-electron chi connectivity index (χ4n) is 2.60. The summed E-state index contributed by atoms with van der Waals surface area (Å²) in [6.07, 6.45) is 2.04. The first-order valence-corrected chi connectivity index (χ1v) is 8.85. The van der Waals surface area contributed by atoms with Crippen LogP contribution in [0.3, 0.4) is 0 Å². The van der Waals surface area contributed by atoms with Gasteiger partial charge in [-0.3, -0.25) is 4.79 Å². The molecule has 5 heteroatoms. The Labute approximate surface area is 155 Å². The summed E-state index contributed by atoms with van der Waals surface area (Å²) in [7, 11) is 3.20. The number of aryl methyl sites for hydroxylation is 2. The van der Waals surface area contributed by atoms with Crippen LogP contribution in [0.2, 0.25) is 0 Å². The van der Waals surface area contributed by atoms with Gasteiger partial charge in [0, 0.05) is 6.42 Å². The molecule has 0 radical (unpaired) electrons. The third-order valence-electron chi connectivity index (χ3n) is 4.09. The number of carbonyl (C=O) groups excluding carboxylic acids is 1. The molecule has 0 aromatic heterocycles. The van der Waals surface area contributed by atoms with Gasteiger partial charge in [0.2, 0.25) is 5.91 Å². The van der Waals surface area contributed by atoms with Crippen LogP contribution < -0.4 is 19.5 Å². The molecule has 0 unspecified atom stereocenters. The Bertz CT molecular complexity index is 715. The average Bonchev–Trinajstić information content (AvgIpc) is 2.69. The Balaban J connectivity index is 1.70. The lowest BCUT2D eigenvalue weighted by molar-refractivity contribution is -0.121. The molecule has 0 saturated carbocycles. The van der Waals surface area contributed by atoms with Crippen molar-refractivity contribution >= 4 is 5.91 Å². The molecule has 0 atom stereocenters. The highest BCUT2D eigenvalue weighted by atomic mass is 16.5. The quantitative estimate of drug-likeness (QED) is 0.662. The lowest BCUT2D eigenvalue weighted by atomic mass is 10.1. The largest absolute Gasteiger partial charge is 0.493 e. The van der Waals surface area contributed by atoms with E-state index < -0.39 is 0 Å². The van der Waals surface area contributed by atoms with Crippen LogP contribution >= 0.6 is 0 Å². The van der Waals surface area contributed by atoms with Gasteiger partial charge in [0.05, 0.1) is 20.8 Å². The van der Waals surface area contributed by atoms with Crippen molar-refractivity contribution in [2.24, 2.45) is 0 Å². The van der Waals surface area contributed by atoms with E-state index in [9.17, 15) is 4.79 Å². The minimum atomic E-state index is 0.00527. The van der Waals surface area contributed by atoms with Gasteiger partial charge in [0.1, 0.15) is 12.4 Å². The van der Waals surface area contributed by atoms with E-state index in [4.69, 9.17) is 14.2 Å². The van der Waals surface area contributed by atoms with Crippen molar-refractivity contribution in [1.82, 2.24) is 5.32 Å². The fourth-order valence-corrected chi connectivity index (χ4v) is 2.60. The molecule has 0 fully saturated rings. The Morgan fingerprint density at radius 1 is 1.00 bits per heavy atom. The number of hydrogen-bond donors (Lipinski definition) is 1. The van der Waals surface area contributed by atoms with Crippen molar-refractivity contribution in [2.75, 3.05) is 27.4 Å². The highest BCUT2D eigenvalue weighted by molar-refractivity contribution is 5.76. The lowest BCUT2D eigenvalue weighted by Crippen LogP contribution is -2.28. The molecule has 1 amide bonds. The molecule has 0 bridgehead atoms. The average molecular weight is 357 g/mol. The summed E-state index contributed by atoms with van der Waals surface area (Å²) in [6, 6.07) is 13.7. The number of ether oxygens (including phenoxy) is 3. The second-order valence-electron chi connectivity index (χ2n) is 5.89. The van der Waals surface area contributed by atoms with Gasteiger partial charge in [0.15, 0.2) is 11.5 Å². The molecule has 0 saturated heterocycles. The van der Waals surface area contributed by atoms with Gasteiger partial charge < -0.3 is 19.5 Å². The summed E-state index contributed by atoms with van der Waals surface area (Å²) in [4.78, 5) is 12.0. The molecule has 2 rings (SSSR count). The maximum atomic E-state index is 12.0. The first-order chi connectivity index (χ1) is 12.7. The van der Waals surface area contributed by atoms with Gasteiger partial charge in [-0.1, -0.05) is 25.1 Å². The van der Waals surface area contributed by atoms with E-state index in [0.717, 1.165) is 17.7 Å². The van der Waals surface area contributed by atoms with Crippen LogP contribution in [0.1, 0.15) is 24.5 Å². The fraction of sp³-hybridized carbons (Fsp3) is 0.381. The Kier molecular flexibility index (Phi) is 7.80. The Morgan fingerprint density at radius 2 is 1.81 bits per heavy atom. The molecule has 5 nitrogen and oxygen atoms in total. The van der Waals surface area contributed by atoms with Gasteiger partial charge >= 0.3 is 0 Å². The minimum Gasteiger partial charge on any atom is -0.493 e. The SMILES string of the molecule is CCc1cccc(OCCNC(=O)CCc2ccc(OC)c(OC)c2)c1. The minimum absolute atomic E-state index is 0.00527. The molecular weight excluding hydrogens is 330 g/mol. The summed E-state index contributed by atoms with van der Waals surface area (Å²) in [5.41, 5.74) is 2.27. The predicted octanol–water partition coefficient (Wildman–Crippen LogP) is 3.39. The van der Waals surface area contributed by atoms with Crippen molar-refractivity contribution in [1.29, 1.82) is 0 Å². The highest BCUT2D eigenvalue weighted by Gasteiger charge is 2.07. The molecule has 2 aromatic rings. The molecule has 0 aliphatic rings. The number of methoxy groups -OCH3 is 2. The zero-order chi connectivity index (χ0) is 18.8. The standard InChI is InChI=1S/C21H27NO4/c1-4-16-6-5-7-18(14-16)26-13-12-22-21(23)11-9-17-8-10-19(24-2)20(15-17)25-3/h5-8,10,14-15H,4,9,11-13H2,1-3H3,(H,22,23). The van der Waals surface area contributed by atoms with E-state index in [2.05, 4.69) is 18.3 Å². The topological polar surface area (TPSA) is 56.8 Å². The summed E-state index contributed by atoms with van der Waals surface area (Å²) in [6.45, 7) is 3.05. The van der Waals surface area contributed by atoms with Gasteiger partial charge in [-0.15, -0.1) is 0 Å². The number of nitrogens with one attached hydrogen (secondary N) is 1. The maximum absolute atomic E-state index is 12.0. The zero-order valence-corrected chi connectivity index (χ0v) is 15.7. The van der Waals surface area contributed by atoms with Gasteiger partial charge in [-0.05, 0) is 48.2 Å². The number of carbonyl (C=O) groups is 1. The Hall–Kier alpha value is -2.69. The van der Waals surface area contributed by atoms with Crippen LogP contribution in [0.25, 0.3) is 0 Å².